The number of carbonyl (C=O) groups is 3. The highest BCUT2D eigenvalue weighted by molar-refractivity contribution is 5.86. The average molecular weight is 314 g/mol. The van der Waals surface area contributed by atoms with E-state index in [1.165, 1.54) is 16.9 Å². The van der Waals surface area contributed by atoms with Crippen LogP contribution in [0.3, 0.4) is 0 Å². The minimum atomic E-state index is -0.581. The minimum Gasteiger partial charge on any atom is -0.467 e. The van der Waals surface area contributed by atoms with Crippen molar-refractivity contribution in [3.63, 3.8) is 0 Å². The largest absolute Gasteiger partial charge is 0.467 e. The van der Waals surface area contributed by atoms with Gasteiger partial charge in [-0.05, 0) is 34.1 Å². The summed E-state index contributed by atoms with van der Waals surface area (Å²) in [5.41, 5.74) is -0.581. The molecule has 2 amide bonds. The molecule has 126 valence electrons. The van der Waals surface area contributed by atoms with Crippen LogP contribution in [0, 0.1) is 0 Å². The Labute approximate surface area is 131 Å². The van der Waals surface area contributed by atoms with E-state index in [-0.39, 0.29) is 18.4 Å². The molecule has 1 aliphatic rings. The molecule has 0 aliphatic carbocycles. The Morgan fingerprint density at radius 1 is 1.32 bits per heavy atom. The third-order valence-electron chi connectivity index (χ3n) is 3.63. The van der Waals surface area contributed by atoms with Crippen LogP contribution in [0.5, 0.6) is 0 Å². The van der Waals surface area contributed by atoms with Gasteiger partial charge in [-0.25, -0.2) is 9.59 Å². The maximum absolute atomic E-state index is 12.2. The molecule has 1 fully saturated rings. The first kappa shape index (κ1) is 18.3. The highest BCUT2D eigenvalue weighted by Gasteiger charge is 2.39. The molecule has 0 saturated carbocycles. The molecule has 1 saturated heterocycles. The number of likely N-dealkylation sites (tertiary alicyclic amines) is 1. The normalized spacial score (nSPS) is 19.0. The summed E-state index contributed by atoms with van der Waals surface area (Å²) in [6, 6.07) is -0.808. The number of nitrogens with zero attached hydrogens (tertiary/aromatic N) is 2. The van der Waals surface area contributed by atoms with Gasteiger partial charge in [-0.1, -0.05) is 0 Å². The van der Waals surface area contributed by atoms with Gasteiger partial charge in [0.2, 0.25) is 5.91 Å². The lowest BCUT2D eigenvalue weighted by atomic mass is 10.0. The van der Waals surface area contributed by atoms with Crippen molar-refractivity contribution in [2.24, 2.45) is 0 Å². The van der Waals surface area contributed by atoms with Crippen molar-refractivity contribution >= 4 is 18.0 Å². The zero-order valence-electron chi connectivity index (χ0n) is 14.2. The van der Waals surface area contributed by atoms with E-state index in [4.69, 9.17) is 4.74 Å². The molecule has 1 aliphatic heterocycles. The second-order valence-corrected chi connectivity index (χ2v) is 6.56. The van der Waals surface area contributed by atoms with Crippen LogP contribution in [-0.2, 0) is 19.1 Å². The number of esters is 1. The molecule has 7 heteroatoms. The van der Waals surface area contributed by atoms with Crippen LogP contribution in [0.4, 0.5) is 4.79 Å². The number of amides is 2. The molecule has 0 aromatic carbocycles. The summed E-state index contributed by atoms with van der Waals surface area (Å²) < 4.78 is 9.93. The van der Waals surface area contributed by atoms with E-state index in [1.807, 2.05) is 0 Å². The van der Waals surface area contributed by atoms with Crippen molar-refractivity contribution in [2.45, 2.75) is 58.2 Å². The molecule has 0 N–H and O–H groups in total. The summed E-state index contributed by atoms with van der Waals surface area (Å²) in [5, 5.41) is 0. The van der Waals surface area contributed by atoms with Crippen LogP contribution in [0.15, 0.2) is 0 Å². The van der Waals surface area contributed by atoms with Gasteiger partial charge in [0.05, 0.1) is 7.11 Å². The van der Waals surface area contributed by atoms with Crippen LogP contribution in [0.2, 0.25) is 0 Å². The molecule has 0 bridgehead atoms. The minimum absolute atomic E-state index is 0.142. The highest BCUT2D eigenvalue weighted by Crippen LogP contribution is 2.21. The topological polar surface area (TPSA) is 76.2 Å². The Morgan fingerprint density at radius 3 is 2.32 bits per heavy atom. The van der Waals surface area contributed by atoms with E-state index in [2.05, 4.69) is 4.74 Å². The molecule has 0 radical (unpaired) electrons. The van der Waals surface area contributed by atoms with Crippen molar-refractivity contribution in [1.82, 2.24) is 9.80 Å². The molecule has 0 aromatic rings. The lowest BCUT2D eigenvalue weighted by Gasteiger charge is -2.39. The molecular weight excluding hydrogens is 288 g/mol. The Hall–Kier alpha value is -1.79. The Kier molecular flexibility index (Phi) is 5.79. The number of rotatable bonds is 4. The lowest BCUT2D eigenvalue weighted by molar-refractivity contribution is -0.160. The molecule has 2 atom stereocenters. The zero-order valence-corrected chi connectivity index (χ0v) is 14.2. The van der Waals surface area contributed by atoms with Crippen LogP contribution in [0.25, 0.3) is 0 Å². The molecule has 1 rings (SSSR count). The van der Waals surface area contributed by atoms with E-state index < -0.39 is 23.7 Å². The van der Waals surface area contributed by atoms with Gasteiger partial charge in [0, 0.05) is 26.1 Å². The fourth-order valence-corrected chi connectivity index (χ4v) is 2.09. The quantitative estimate of drug-likeness (QED) is 0.733. The second kappa shape index (κ2) is 6.98. The number of carbonyl (C=O) groups excluding carboxylic acids is 3. The Balaban J connectivity index is 2.53. The molecule has 0 aromatic heterocycles. The fourth-order valence-electron chi connectivity index (χ4n) is 2.09. The third-order valence-corrected chi connectivity index (χ3v) is 3.63. The smallest absolute Gasteiger partial charge is 0.410 e. The Bertz CT molecular complexity index is 444. The van der Waals surface area contributed by atoms with Gasteiger partial charge in [-0.2, -0.15) is 0 Å². The summed E-state index contributed by atoms with van der Waals surface area (Å²) in [5.74, 6) is -0.558. The average Bonchev–Trinajstić information content (AvgIpc) is 2.33. The number of hydrogen-bond acceptors (Lipinski definition) is 5. The van der Waals surface area contributed by atoms with Crippen molar-refractivity contribution in [1.29, 1.82) is 0 Å². The standard InChI is InChI=1S/C15H26N2O5/c1-10(16(5)14(20)22-15(2,3)4)9-12(18)17-8-7-11(17)13(19)21-6/h10-11H,7-9H2,1-6H3. The molecule has 22 heavy (non-hydrogen) atoms. The Morgan fingerprint density at radius 2 is 1.91 bits per heavy atom. The van der Waals surface area contributed by atoms with Gasteiger partial charge in [-0.15, -0.1) is 0 Å². The summed E-state index contributed by atoms with van der Waals surface area (Å²) >= 11 is 0. The fraction of sp³-hybridized carbons (Fsp3) is 0.800. The van der Waals surface area contributed by atoms with E-state index in [1.54, 1.807) is 34.7 Å². The summed E-state index contributed by atoms with van der Waals surface area (Å²) in [4.78, 5) is 38.6. The monoisotopic (exact) mass is 314 g/mol. The first-order chi connectivity index (χ1) is 10.1. The van der Waals surface area contributed by atoms with E-state index >= 15 is 0 Å². The maximum Gasteiger partial charge on any atom is 0.410 e. The van der Waals surface area contributed by atoms with Crippen molar-refractivity contribution < 1.29 is 23.9 Å². The summed E-state index contributed by atoms with van der Waals surface area (Å²) in [7, 11) is 2.90. The zero-order chi connectivity index (χ0) is 17.1. The van der Waals surface area contributed by atoms with Crippen molar-refractivity contribution in [3.8, 4) is 0 Å². The summed E-state index contributed by atoms with van der Waals surface area (Å²) in [6.07, 6.45) is 0.290. The predicted molar refractivity (Wildman–Crippen MR) is 80.2 cm³/mol. The first-order valence-corrected chi connectivity index (χ1v) is 7.40. The van der Waals surface area contributed by atoms with Gasteiger partial charge in [0.1, 0.15) is 11.6 Å². The number of hydrogen-bond donors (Lipinski definition) is 0. The SMILES string of the molecule is COC(=O)C1CCN1C(=O)CC(C)N(C)C(=O)OC(C)(C)C. The second-order valence-electron chi connectivity index (χ2n) is 6.56. The number of ether oxygens (including phenoxy) is 2. The van der Waals surface area contributed by atoms with Gasteiger partial charge < -0.3 is 19.3 Å². The van der Waals surface area contributed by atoms with Crippen molar-refractivity contribution in [2.75, 3.05) is 20.7 Å². The molecule has 2 unspecified atom stereocenters. The van der Waals surface area contributed by atoms with Crippen molar-refractivity contribution in [3.05, 3.63) is 0 Å². The lowest BCUT2D eigenvalue weighted by Crippen LogP contribution is -2.56. The molecule has 1 heterocycles. The molecular formula is C15H26N2O5. The first-order valence-electron chi connectivity index (χ1n) is 7.40. The van der Waals surface area contributed by atoms with Crippen LogP contribution >= 0.6 is 0 Å². The summed E-state index contributed by atoms with van der Waals surface area (Å²) in [6.45, 7) is 7.68. The van der Waals surface area contributed by atoms with Crippen LogP contribution < -0.4 is 0 Å². The van der Waals surface area contributed by atoms with E-state index in [0.29, 0.717) is 13.0 Å². The van der Waals surface area contributed by atoms with Gasteiger partial charge in [0.15, 0.2) is 0 Å². The molecule has 0 spiro atoms. The van der Waals surface area contributed by atoms with E-state index in [9.17, 15) is 14.4 Å². The van der Waals surface area contributed by atoms with E-state index in [0.717, 1.165) is 0 Å². The highest BCUT2D eigenvalue weighted by atomic mass is 16.6. The number of methoxy groups -OCH3 is 1. The van der Waals surface area contributed by atoms with Gasteiger partial charge in [-0.3, -0.25) is 4.79 Å². The van der Waals surface area contributed by atoms with Crippen LogP contribution in [-0.4, -0.2) is 66.2 Å². The maximum atomic E-state index is 12.2. The third kappa shape index (κ3) is 4.61. The molecule has 7 nitrogen and oxygen atoms in total. The predicted octanol–water partition coefficient (Wildman–Crippen LogP) is 1.41. The van der Waals surface area contributed by atoms with Crippen LogP contribution in [0.1, 0.15) is 40.5 Å². The van der Waals surface area contributed by atoms with Gasteiger partial charge >= 0.3 is 12.1 Å². The van der Waals surface area contributed by atoms with Gasteiger partial charge in [0.25, 0.3) is 0 Å².